The third kappa shape index (κ3) is 2.94. The molecule has 1 aliphatic heterocycles. The Hall–Kier alpha value is -0.620. The lowest BCUT2D eigenvalue weighted by molar-refractivity contribution is 0.0730. The van der Waals surface area contributed by atoms with Crippen molar-refractivity contribution in [1.82, 2.24) is 4.31 Å². The molecule has 2 rings (SSSR count). The van der Waals surface area contributed by atoms with Crippen LogP contribution in [0.4, 0.5) is 0 Å². The number of hydrogen-bond acceptors (Lipinski definition) is 3. The van der Waals surface area contributed by atoms with Crippen molar-refractivity contribution in [3.63, 3.8) is 0 Å². The van der Waals surface area contributed by atoms with Crippen LogP contribution in [-0.2, 0) is 20.6 Å². The predicted octanol–water partition coefficient (Wildman–Crippen LogP) is 2.06. The Morgan fingerprint density at radius 3 is 2.47 bits per heavy atom. The van der Waals surface area contributed by atoms with Crippen LogP contribution in [0.15, 0.2) is 17.0 Å². The van der Waals surface area contributed by atoms with Crippen molar-refractivity contribution < 1.29 is 13.2 Å². The molecule has 106 valence electrons. The molecule has 0 unspecified atom stereocenters. The highest BCUT2D eigenvalue weighted by molar-refractivity contribution is 7.89. The molecule has 0 N–H and O–H groups in total. The second kappa shape index (κ2) is 5.79. The van der Waals surface area contributed by atoms with Crippen LogP contribution in [0, 0.1) is 13.8 Å². The first kappa shape index (κ1) is 14.8. The topological polar surface area (TPSA) is 46.6 Å². The Labute approximate surface area is 119 Å². The number of rotatable bonds is 3. The van der Waals surface area contributed by atoms with E-state index in [1.807, 2.05) is 19.9 Å². The van der Waals surface area contributed by atoms with E-state index in [1.165, 1.54) is 4.31 Å². The molecule has 6 heteroatoms. The summed E-state index contributed by atoms with van der Waals surface area (Å²) < 4.78 is 32.0. The first-order valence-corrected chi connectivity index (χ1v) is 8.18. The molecule has 4 nitrogen and oxygen atoms in total. The third-order valence-corrected chi connectivity index (χ3v) is 5.76. The lowest BCUT2D eigenvalue weighted by Gasteiger charge is -2.27. The van der Waals surface area contributed by atoms with E-state index in [2.05, 4.69) is 0 Å². The van der Waals surface area contributed by atoms with Crippen LogP contribution in [0.25, 0.3) is 0 Å². The molecule has 1 aromatic carbocycles. The van der Waals surface area contributed by atoms with Gasteiger partial charge in [0.05, 0.1) is 18.1 Å². The molecule has 0 spiro atoms. The zero-order valence-corrected chi connectivity index (χ0v) is 12.7. The van der Waals surface area contributed by atoms with E-state index >= 15 is 0 Å². The average molecular weight is 304 g/mol. The summed E-state index contributed by atoms with van der Waals surface area (Å²) in [5.74, 6) is 0.312. The minimum Gasteiger partial charge on any atom is -0.379 e. The van der Waals surface area contributed by atoms with E-state index in [-0.39, 0.29) is 0 Å². The van der Waals surface area contributed by atoms with Gasteiger partial charge in [-0.2, -0.15) is 4.31 Å². The Morgan fingerprint density at radius 1 is 1.26 bits per heavy atom. The van der Waals surface area contributed by atoms with E-state index in [0.29, 0.717) is 37.1 Å². The molecular weight excluding hydrogens is 286 g/mol. The zero-order chi connectivity index (χ0) is 14.0. The summed E-state index contributed by atoms with van der Waals surface area (Å²) in [5, 5.41) is 0. The Kier molecular flexibility index (Phi) is 4.50. The minimum atomic E-state index is -3.45. The van der Waals surface area contributed by atoms with Crippen LogP contribution in [0.3, 0.4) is 0 Å². The summed E-state index contributed by atoms with van der Waals surface area (Å²) in [6.45, 7) is 5.46. The summed E-state index contributed by atoms with van der Waals surface area (Å²) in [6.07, 6.45) is 0. The normalized spacial score (nSPS) is 17.6. The van der Waals surface area contributed by atoms with Crippen molar-refractivity contribution in [2.24, 2.45) is 0 Å². The standard InChI is InChI=1S/C13H18ClNO3S/c1-10-7-12(9-14)8-13(11(10)2)19(16,17)15-3-5-18-6-4-15/h7-8H,3-6,9H2,1-2H3. The number of hydrogen-bond donors (Lipinski definition) is 0. The molecule has 0 saturated carbocycles. The molecule has 1 aromatic rings. The summed E-state index contributed by atoms with van der Waals surface area (Å²) in [4.78, 5) is 0.366. The first-order valence-electron chi connectivity index (χ1n) is 6.21. The van der Waals surface area contributed by atoms with Gasteiger partial charge in [0.25, 0.3) is 0 Å². The zero-order valence-electron chi connectivity index (χ0n) is 11.1. The fraction of sp³-hybridized carbons (Fsp3) is 0.538. The Balaban J connectivity index is 2.47. The summed E-state index contributed by atoms with van der Waals surface area (Å²) in [5.41, 5.74) is 2.57. The molecule has 0 atom stereocenters. The van der Waals surface area contributed by atoms with E-state index in [1.54, 1.807) is 6.07 Å². The van der Waals surface area contributed by atoms with Gasteiger partial charge in [0, 0.05) is 19.0 Å². The number of aryl methyl sites for hydroxylation is 1. The van der Waals surface area contributed by atoms with E-state index < -0.39 is 10.0 Å². The number of alkyl halides is 1. The fourth-order valence-corrected chi connectivity index (χ4v) is 4.08. The number of sulfonamides is 1. The van der Waals surface area contributed by atoms with Gasteiger partial charge < -0.3 is 4.74 Å². The van der Waals surface area contributed by atoms with E-state index in [4.69, 9.17) is 16.3 Å². The van der Waals surface area contributed by atoms with Crippen LogP contribution in [-0.4, -0.2) is 39.0 Å². The number of ether oxygens (including phenoxy) is 1. The van der Waals surface area contributed by atoms with Crippen LogP contribution < -0.4 is 0 Å². The lowest BCUT2D eigenvalue weighted by atomic mass is 10.1. The molecule has 0 bridgehead atoms. The maximum atomic E-state index is 12.7. The van der Waals surface area contributed by atoms with Crippen LogP contribution in [0.1, 0.15) is 16.7 Å². The van der Waals surface area contributed by atoms with Gasteiger partial charge in [0.15, 0.2) is 0 Å². The monoisotopic (exact) mass is 303 g/mol. The highest BCUT2D eigenvalue weighted by atomic mass is 35.5. The van der Waals surface area contributed by atoms with Gasteiger partial charge in [0.1, 0.15) is 0 Å². The van der Waals surface area contributed by atoms with Crippen LogP contribution in [0.5, 0.6) is 0 Å². The minimum absolute atomic E-state index is 0.312. The first-order chi connectivity index (χ1) is 8.96. The molecule has 1 heterocycles. The van der Waals surface area contributed by atoms with Gasteiger partial charge in [0.2, 0.25) is 10.0 Å². The molecular formula is C13H18ClNO3S. The number of benzene rings is 1. The second-order valence-electron chi connectivity index (χ2n) is 4.69. The van der Waals surface area contributed by atoms with Crippen LogP contribution >= 0.6 is 11.6 Å². The van der Waals surface area contributed by atoms with Gasteiger partial charge in [-0.15, -0.1) is 11.6 Å². The molecule has 0 aliphatic carbocycles. The largest absolute Gasteiger partial charge is 0.379 e. The maximum Gasteiger partial charge on any atom is 0.243 e. The van der Waals surface area contributed by atoms with Gasteiger partial charge >= 0.3 is 0 Å². The number of morpholine rings is 1. The maximum absolute atomic E-state index is 12.7. The van der Waals surface area contributed by atoms with Gasteiger partial charge in [-0.3, -0.25) is 0 Å². The van der Waals surface area contributed by atoms with Crippen molar-refractivity contribution in [2.75, 3.05) is 26.3 Å². The summed E-state index contributed by atoms with van der Waals surface area (Å²) in [7, 11) is -3.45. The molecule has 0 radical (unpaired) electrons. The fourth-order valence-electron chi connectivity index (χ4n) is 2.17. The molecule has 1 aliphatic rings. The third-order valence-electron chi connectivity index (χ3n) is 3.42. The molecule has 19 heavy (non-hydrogen) atoms. The molecule has 1 saturated heterocycles. The van der Waals surface area contributed by atoms with Gasteiger partial charge in [-0.05, 0) is 36.6 Å². The predicted molar refractivity (Wildman–Crippen MR) is 75.1 cm³/mol. The SMILES string of the molecule is Cc1cc(CCl)cc(S(=O)(=O)N2CCOCC2)c1C. The van der Waals surface area contributed by atoms with E-state index in [9.17, 15) is 8.42 Å². The molecule has 0 aromatic heterocycles. The Morgan fingerprint density at radius 2 is 1.89 bits per heavy atom. The quantitative estimate of drug-likeness (QED) is 0.803. The van der Waals surface area contributed by atoms with Crippen molar-refractivity contribution in [3.8, 4) is 0 Å². The van der Waals surface area contributed by atoms with Crippen molar-refractivity contribution in [3.05, 3.63) is 28.8 Å². The van der Waals surface area contributed by atoms with Crippen molar-refractivity contribution >= 4 is 21.6 Å². The second-order valence-corrected chi connectivity index (χ2v) is 6.86. The number of nitrogens with zero attached hydrogens (tertiary/aromatic N) is 1. The molecule has 1 fully saturated rings. The lowest BCUT2D eigenvalue weighted by Crippen LogP contribution is -2.40. The van der Waals surface area contributed by atoms with Crippen molar-refractivity contribution in [1.29, 1.82) is 0 Å². The highest BCUT2D eigenvalue weighted by Crippen LogP contribution is 2.25. The molecule has 0 amide bonds. The van der Waals surface area contributed by atoms with Crippen molar-refractivity contribution in [2.45, 2.75) is 24.6 Å². The average Bonchev–Trinajstić information content (AvgIpc) is 2.42. The highest BCUT2D eigenvalue weighted by Gasteiger charge is 2.28. The summed E-state index contributed by atoms with van der Waals surface area (Å²) >= 11 is 5.83. The Bertz CT molecular complexity index is 565. The smallest absolute Gasteiger partial charge is 0.243 e. The van der Waals surface area contributed by atoms with E-state index in [0.717, 1.165) is 16.7 Å². The number of halogens is 1. The summed E-state index contributed by atoms with van der Waals surface area (Å²) in [6, 6.07) is 3.61. The van der Waals surface area contributed by atoms with Crippen LogP contribution in [0.2, 0.25) is 0 Å². The van der Waals surface area contributed by atoms with Gasteiger partial charge in [-0.25, -0.2) is 8.42 Å². The van der Waals surface area contributed by atoms with Gasteiger partial charge in [-0.1, -0.05) is 6.07 Å².